The molecule has 5 rings (SSSR count). The van der Waals surface area contributed by atoms with Gasteiger partial charge in [-0.2, -0.15) is 0 Å². The molecule has 2 saturated heterocycles. The Balaban J connectivity index is 1.26. The Morgan fingerprint density at radius 3 is 2.50 bits per heavy atom. The first kappa shape index (κ1) is 22.6. The summed E-state index contributed by atoms with van der Waals surface area (Å²) >= 11 is 6.40. The maximum atomic E-state index is 12.3. The molecule has 1 aromatic heterocycles. The molecule has 176 valence electrons. The van der Waals surface area contributed by atoms with Gasteiger partial charge in [-0.05, 0) is 55.8 Å². The van der Waals surface area contributed by atoms with Crippen molar-refractivity contribution in [3.8, 4) is 11.3 Å². The Hall–Kier alpha value is -3.20. The van der Waals surface area contributed by atoms with Crippen LogP contribution in [0.1, 0.15) is 12.8 Å². The van der Waals surface area contributed by atoms with Crippen LogP contribution in [-0.4, -0.2) is 54.8 Å². The van der Waals surface area contributed by atoms with Crippen molar-refractivity contribution in [3.05, 3.63) is 59.8 Å². The minimum Gasteiger partial charge on any atom is -0.378 e. The van der Waals surface area contributed by atoms with Crippen LogP contribution in [0.5, 0.6) is 0 Å². The van der Waals surface area contributed by atoms with E-state index in [1.807, 2.05) is 36.4 Å². The molecule has 2 aromatic carbocycles. The molecule has 2 aliphatic heterocycles. The number of carbonyl (C=O) groups excluding carboxylic acids is 1. The SMILES string of the molecule is O=C(Nc1ccc(-c2nc(Nc3ccc(N4CCOCC4)cc3)ncc2Cl)cc1)[C@@H]1CCCN1. The number of hydrogen-bond acceptors (Lipinski definition) is 7. The molecule has 0 unspecified atom stereocenters. The van der Waals surface area contributed by atoms with E-state index < -0.39 is 0 Å². The summed E-state index contributed by atoms with van der Waals surface area (Å²) in [4.78, 5) is 23.6. The monoisotopic (exact) mass is 478 g/mol. The maximum absolute atomic E-state index is 12.3. The largest absolute Gasteiger partial charge is 0.378 e. The van der Waals surface area contributed by atoms with E-state index in [9.17, 15) is 4.79 Å². The lowest BCUT2D eigenvalue weighted by molar-refractivity contribution is -0.117. The van der Waals surface area contributed by atoms with Crippen LogP contribution >= 0.6 is 11.6 Å². The van der Waals surface area contributed by atoms with Crippen LogP contribution in [0, 0.1) is 0 Å². The van der Waals surface area contributed by atoms with Crippen molar-refractivity contribution in [2.75, 3.05) is 48.4 Å². The molecule has 9 heteroatoms. The number of halogens is 1. The zero-order valence-corrected chi connectivity index (χ0v) is 19.5. The summed E-state index contributed by atoms with van der Waals surface area (Å²) in [6, 6.07) is 15.6. The highest BCUT2D eigenvalue weighted by molar-refractivity contribution is 6.32. The maximum Gasteiger partial charge on any atom is 0.241 e. The van der Waals surface area contributed by atoms with E-state index in [1.54, 1.807) is 6.20 Å². The number of amides is 1. The summed E-state index contributed by atoms with van der Waals surface area (Å²) in [5, 5.41) is 9.88. The van der Waals surface area contributed by atoms with Crippen molar-refractivity contribution in [1.29, 1.82) is 0 Å². The van der Waals surface area contributed by atoms with Gasteiger partial charge in [-0.1, -0.05) is 23.7 Å². The third kappa shape index (κ3) is 5.30. The predicted molar refractivity (Wildman–Crippen MR) is 135 cm³/mol. The fourth-order valence-electron chi connectivity index (χ4n) is 4.19. The Morgan fingerprint density at radius 1 is 1.06 bits per heavy atom. The van der Waals surface area contributed by atoms with Gasteiger partial charge in [0, 0.05) is 35.7 Å². The second kappa shape index (κ2) is 10.4. The molecular weight excluding hydrogens is 452 g/mol. The van der Waals surface area contributed by atoms with Crippen molar-refractivity contribution >= 4 is 40.5 Å². The lowest BCUT2D eigenvalue weighted by Crippen LogP contribution is -2.36. The third-order valence-electron chi connectivity index (χ3n) is 6.05. The van der Waals surface area contributed by atoms with Gasteiger partial charge in [0.2, 0.25) is 11.9 Å². The first-order valence-electron chi connectivity index (χ1n) is 11.5. The molecule has 0 aliphatic carbocycles. The minimum absolute atomic E-state index is 0.00329. The van der Waals surface area contributed by atoms with Gasteiger partial charge < -0.3 is 25.6 Å². The Labute approximate surface area is 203 Å². The smallest absolute Gasteiger partial charge is 0.241 e. The number of anilines is 4. The highest BCUT2D eigenvalue weighted by Gasteiger charge is 2.22. The van der Waals surface area contributed by atoms with Gasteiger partial charge >= 0.3 is 0 Å². The van der Waals surface area contributed by atoms with Crippen LogP contribution in [0.3, 0.4) is 0 Å². The van der Waals surface area contributed by atoms with Crippen molar-refractivity contribution in [2.45, 2.75) is 18.9 Å². The standard InChI is InChI=1S/C25H27ClN6O2/c26-21-16-28-25(30-19-7-9-20(10-8-19)32-12-14-34-15-13-32)31-23(21)17-3-5-18(6-4-17)29-24(33)22-2-1-11-27-22/h3-10,16,22,27H,1-2,11-15H2,(H,29,33)(H,28,30,31)/t22-/m0/s1. The number of nitrogens with one attached hydrogen (secondary N) is 3. The molecule has 2 fully saturated rings. The normalized spacial score (nSPS) is 18.0. The molecular formula is C25H27ClN6O2. The van der Waals surface area contributed by atoms with E-state index in [2.05, 4.69) is 43.0 Å². The molecule has 34 heavy (non-hydrogen) atoms. The number of nitrogens with zero attached hydrogens (tertiary/aromatic N) is 3. The van der Waals surface area contributed by atoms with Crippen LogP contribution in [-0.2, 0) is 9.53 Å². The molecule has 1 amide bonds. The van der Waals surface area contributed by atoms with Crippen LogP contribution in [0.4, 0.5) is 23.0 Å². The number of hydrogen-bond donors (Lipinski definition) is 3. The topological polar surface area (TPSA) is 91.4 Å². The number of rotatable bonds is 6. The second-order valence-electron chi connectivity index (χ2n) is 8.38. The summed E-state index contributed by atoms with van der Waals surface area (Å²) in [6.45, 7) is 4.20. The summed E-state index contributed by atoms with van der Waals surface area (Å²) in [5.41, 5.74) is 4.27. The zero-order valence-electron chi connectivity index (χ0n) is 18.8. The second-order valence-corrected chi connectivity index (χ2v) is 8.78. The van der Waals surface area contributed by atoms with Gasteiger partial charge in [-0.25, -0.2) is 9.97 Å². The number of morpholine rings is 1. The van der Waals surface area contributed by atoms with Gasteiger partial charge in [0.25, 0.3) is 0 Å². The van der Waals surface area contributed by atoms with Crippen LogP contribution in [0.25, 0.3) is 11.3 Å². The van der Waals surface area contributed by atoms with Gasteiger partial charge in [-0.15, -0.1) is 0 Å². The molecule has 0 radical (unpaired) electrons. The summed E-state index contributed by atoms with van der Waals surface area (Å²) < 4.78 is 5.42. The van der Waals surface area contributed by atoms with E-state index >= 15 is 0 Å². The van der Waals surface area contributed by atoms with Gasteiger partial charge in [0.05, 0.1) is 36.2 Å². The summed E-state index contributed by atoms with van der Waals surface area (Å²) in [6.07, 6.45) is 3.49. The fourth-order valence-corrected chi connectivity index (χ4v) is 4.39. The van der Waals surface area contributed by atoms with E-state index in [1.165, 1.54) is 5.69 Å². The van der Waals surface area contributed by atoms with Gasteiger partial charge in [-0.3, -0.25) is 4.79 Å². The van der Waals surface area contributed by atoms with Crippen LogP contribution in [0.15, 0.2) is 54.7 Å². The number of aromatic nitrogens is 2. The Bertz CT molecular complexity index is 1130. The highest BCUT2D eigenvalue weighted by atomic mass is 35.5. The van der Waals surface area contributed by atoms with E-state index in [4.69, 9.17) is 16.3 Å². The molecule has 0 bridgehead atoms. The third-order valence-corrected chi connectivity index (χ3v) is 6.32. The molecule has 0 saturated carbocycles. The lowest BCUT2D eigenvalue weighted by atomic mass is 10.1. The van der Waals surface area contributed by atoms with Crippen molar-refractivity contribution in [1.82, 2.24) is 15.3 Å². The summed E-state index contributed by atoms with van der Waals surface area (Å²) in [5.74, 6) is 0.458. The molecule has 1 atom stereocenters. The van der Waals surface area contributed by atoms with Crippen LogP contribution in [0.2, 0.25) is 5.02 Å². The van der Waals surface area contributed by atoms with Crippen molar-refractivity contribution in [2.24, 2.45) is 0 Å². The first-order chi connectivity index (χ1) is 16.7. The van der Waals surface area contributed by atoms with Crippen molar-refractivity contribution in [3.63, 3.8) is 0 Å². The molecule has 0 spiro atoms. The first-order valence-corrected chi connectivity index (χ1v) is 11.9. The predicted octanol–water partition coefficient (Wildman–Crippen LogP) is 4.07. The average Bonchev–Trinajstić information content (AvgIpc) is 3.42. The minimum atomic E-state index is -0.118. The Morgan fingerprint density at radius 2 is 1.79 bits per heavy atom. The van der Waals surface area contributed by atoms with E-state index in [0.717, 1.165) is 62.6 Å². The fraction of sp³-hybridized carbons (Fsp3) is 0.320. The number of benzene rings is 2. The van der Waals surface area contributed by atoms with Gasteiger partial charge in [0.15, 0.2) is 0 Å². The van der Waals surface area contributed by atoms with E-state index in [-0.39, 0.29) is 11.9 Å². The lowest BCUT2D eigenvalue weighted by Gasteiger charge is -2.28. The molecule has 3 N–H and O–H groups in total. The molecule has 3 aromatic rings. The van der Waals surface area contributed by atoms with E-state index in [0.29, 0.717) is 16.7 Å². The van der Waals surface area contributed by atoms with Crippen molar-refractivity contribution < 1.29 is 9.53 Å². The highest BCUT2D eigenvalue weighted by Crippen LogP contribution is 2.28. The number of ether oxygens (including phenoxy) is 1. The van der Waals surface area contributed by atoms with Gasteiger partial charge in [0.1, 0.15) is 0 Å². The molecule has 8 nitrogen and oxygen atoms in total. The molecule has 2 aliphatic rings. The average molecular weight is 479 g/mol. The zero-order chi connectivity index (χ0) is 23.3. The summed E-state index contributed by atoms with van der Waals surface area (Å²) in [7, 11) is 0. The number of carbonyl (C=O) groups is 1. The Kier molecular flexibility index (Phi) is 6.89. The van der Waals surface area contributed by atoms with Crippen LogP contribution < -0.4 is 20.9 Å². The molecule has 3 heterocycles. The quantitative estimate of drug-likeness (QED) is 0.492.